The van der Waals surface area contributed by atoms with Gasteiger partial charge in [-0.1, -0.05) is 29.3 Å². The van der Waals surface area contributed by atoms with Crippen LogP contribution in [0.3, 0.4) is 0 Å². The van der Waals surface area contributed by atoms with Gasteiger partial charge >= 0.3 is 5.97 Å². The summed E-state index contributed by atoms with van der Waals surface area (Å²) in [5, 5.41) is 0.740. The van der Waals surface area contributed by atoms with Crippen LogP contribution in [-0.4, -0.2) is 42.6 Å². The molecule has 2 heterocycles. The van der Waals surface area contributed by atoms with Gasteiger partial charge in [0, 0.05) is 11.2 Å². The molecular formula is C23H25ClN2O2. The number of allylic oxidation sites excluding steroid dienone is 1. The molecule has 0 N–H and O–H groups in total. The van der Waals surface area contributed by atoms with Crippen LogP contribution in [0, 0.1) is 5.92 Å². The Hall–Kier alpha value is -2.17. The van der Waals surface area contributed by atoms with Crippen LogP contribution >= 0.6 is 11.6 Å². The predicted octanol–water partition coefficient (Wildman–Crippen LogP) is 4.42. The Balaban J connectivity index is 1.39. The summed E-state index contributed by atoms with van der Waals surface area (Å²) in [6.07, 6.45) is 7.54. The van der Waals surface area contributed by atoms with Gasteiger partial charge in [-0.2, -0.15) is 0 Å². The zero-order valence-corrected chi connectivity index (χ0v) is 16.9. The molecule has 0 atom stereocenters. The maximum atomic E-state index is 12.7. The maximum absolute atomic E-state index is 12.7. The highest BCUT2D eigenvalue weighted by atomic mass is 35.5. The largest absolute Gasteiger partial charge is 0.462 e. The number of carbonyl (C=O) groups excluding carboxylic acids is 1. The normalized spacial score (nSPS) is 17.3. The number of rotatable bonds is 5. The third-order valence-electron chi connectivity index (χ3n) is 5.69. The number of nitrogens with zero attached hydrogens (tertiary/aromatic N) is 2. The van der Waals surface area contributed by atoms with Crippen molar-refractivity contribution in [2.24, 2.45) is 5.92 Å². The molecular weight excluding hydrogens is 372 g/mol. The van der Waals surface area contributed by atoms with Crippen LogP contribution in [0.5, 0.6) is 0 Å². The number of piperidine rings is 1. The number of ether oxygens (including phenoxy) is 1. The Kier molecular flexibility index (Phi) is 5.79. The molecule has 1 aromatic carbocycles. The van der Waals surface area contributed by atoms with Crippen LogP contribution in [0.15, 0.2) is 42.1 Å². The standard InChI is InChI=1S/C23H25ClN2O2/c1-26-10-7-17(8-11-26)15-28-23(27)20-6-9-25-22-14-18(13-21(20)22)12-16-2-4-19(24)5-3-16/h2-6,9,14,17H,7-8,10-13,15H2,1H3. The van der Waals surface area contributed by atoms with Crippen molar-refractivity contribution >= 4 is 23.6 Å². The number of pyridine rings is 1. The number of likely N-dealkylation sites (tertiary alicyclic amines) is 1. The van der Waals surface area contributed by atoms with Gasteiger partial charge in [0.15, 0.2) is 0 Å². The second-order valence-electron chi connectivity index (χ2n) is 7.85. The lowest BCUT2D eigenvalue weighted by Gasteiger charge is -2.28. The monoisotopic (exact) mass is 396 g/mol. The summed E-state index contributed by atoms with van der Waals surface area (Å²) < 4.78 is 5.67. The lowest BCUT2D eigenvalue weighted by molar-refractivity contribution is 0.0383. The SMILES string of the molecule is CN1CCC(COC(=O)c2ccnc3c2CC(Cc2ccc(Cl)cc2)=C3)CC1. The van der Waals surface area contributed by atoms with E-state index in [0.717, 1.165) is 55.1 Å². The lowest BCUT2D eigenvalue weighted by Crippen LogP contribution is -2.32. The van der Waals surface area contributed by atoms with Gasteiger partial charge in [-0.15, -0.1) is 0 Å². The van der Waals surface area contributed by atoms with Gasteiger partial charge in [0.1, 0.15) is 0 Å². The number of benzene rings is 1. The lowest BCUT2D eigenvalue weighted by atomic mass is 9.98. The van der Waals surface area contributed by atoms with Crippen molar-refractivity contribution in [3.05, 3.63) is 69.5 Å². The molecule has 1 saturated heterocycles. The van der Waals surface area contributed by atoms with Crippen LogP contribution in [-0.2, 0) is 17.6 Å². The van der Waals surface area contributed by atoms with Crippen molar-refractivity contribution in [2.45, 2.75) is 25.7 Å². The molecule has 5 heteroatoms. The molecule has 0 bridgehead atoms. The van der Waals surface area contributed by atoms with Crippen LogP contribution in [0.2, 0.25) is 5.02 Å². The fraction of sp³-hybridized carbons (Fsp3) is 0.391. The third-order valence-corrected chi connectivity index (χ3v) is 5.94. The Morgan fingerprint density at radius 1 is 1.21 bits per heavy atom. The average molecular weight is 397 g/mol. The van der Waals surface area contributed by atoms with Gasteiger partial charge in [-0.25, -0.2) is 4.79 Å². The molecule has 28 heavy (non-hydrogen) atoms. The molecule has 1 aliphatic carbocycles. The number of hydrogen-bond donors (Lipinski definition) is 0. The highest BCUT2D eigenvalue weighted by molar-refractivity contribution is 6.30. The van der Waals surface area contributed by atoms with Gasteiger partial charge in [-0.05, 0) is 87.1 Å². The van der Waals surface area contributed by atoms with Crippen LogP contribution in [0.25, 0.3) is 6.08 Å². The topological polar surface area (TPSA) is 42.4 Å². The van der Waals surface area contributed by atoms with E-state index in [2.05, 4.69) is 23.0 Å². The molecule has 0 spiro atoms. The van der Waals surface area contributed by atoms with Crippen molar-refractivity contribution < 1.29 is 9.53 Å². The van der Waals surface area contributed by atoms with Crippen LogP contribution in [0.1, 0.15) is 40.0 Å². The second kappa shape index (κ2) is 8.46. The Morgan fingerprint density at radius 2 is 1.96 bits per heavy atom. The van der Waals surface area contributed by atoms with E-state index >= 15 is 0 Å². The molecule has 2 aliphatic rings. The summed E-state index contributed by atoms with van der Waals surface area (Å²) in [6, 6.07) is 9.68. The van der Waals surface area contributed by atoms with E-state index in [1.165, 1.54) is 11.1 Å². The fourth-order valence-electron chi connectivity index (χ4n) is 3.96. The van der Waals surface area contributed by atoms with Gasteiger partial charge in [0.25, 0.3) is 0 Å². The molecule has 4 rings (SSSR count). The molecule has 1 fully saturated rings. The number of aromatic nitrogens is 1. The molecule has 0 saturated carbocycles. The number of halogens is 1. The minimum Gasteiger partial charge on any atom is -0.462 e. The predicted molar refractivity (Wildman–Crippen MR) is 112 cm³/mol. The molecule has 0 radical (unpaired) electrons. The van der Waals surface area contributed by atoms with Gasteiger partial charge in [0.2, 0.25) is 0 Å². The van der Waals surface area contributed by atoms with Gasteiger partial charge < -0.3 is 9.64 Å². The van der Waals surface area contributed by atoms with Crippen molar-refractivity contribution in [3.8, 4) is 0 Å². The first-order valence-electron chi connectivity index (χ1n) is 9.86. The summed E-state index contributed by atoms with van der Waals surface area (Å²) in [5.74, 6) is 0.243. The Bertz CT molecular complexity index is 884. The van der Waals surface area contributed by atoms with Gasteiger partial charge in [-0.3, -0.25) is 4.98 Å². The highest BCUT2D eigenvalue weighted by Crippen LogP contribution is 2.29. The van der Waals surface area contributed by atoms with Crippen molar-refractivity contribution in [2.75, 3.05) is 26.7 Å². The quantitative estimate of drug-likeness (QED) is 0.702. The Labute approximate surface area is 171 Å². The maximum Gasteiger partial charge on any atom is 0.338 e. The van der Waals surface area contributed by atoms with E-state index in [4.69, 9.17) is 16.3 Å². The van der Waals surface area contributed by atoms with E-state index in [1.54, 1.807) is 12.3 Å². The van der Waals surface area contributed by atoms with E-state index in [1.807, 2.05) is 24.3 Å². The molecule has 146 valence electrons. The summed E-state index contributed by atoms with van der Waals surface area (Å²) in [5.41, 5.74) is 4.98. The van der Waals surface area contributed by atoms with Crippen LogP contribution in [0.4, 0.5) is 0 Å². The molecule has 1 aromatic heterocycles. The summed E-state index contributed by atoms with van der Waals surface area (Å²) in [7, 11) is 2.14. The average Bonchev–Trinajstić information content (AvgIpc) is 3.11. The van der Waals surface area contributed by atoms with Crippen molar-refractivity contribution in [1.82, 2.24) is 9.88 Å². The first-order chi connectivity index (χ1) is 13.6. The Morgan fingerprint density at radius 3 is 2.71 bits per heavy atom. The summed E-state index contributed by atoms with van der Waals surface area (Å²) in [4.78, 5) is 19.5. The van der Waals surface area contributed by atoms with Crippen LogP contribution < -0.4 is 0 Å². The van der Waals surface area contributed by atoms with Crippen molar-refractivity contribution in [1.29, 1.82) is 0 Å². The highest BCUT2D eigenvalue weighted by Gasteiger charge is 2.24. The molecule has 1 aliphatic heterocycles. The number of hydrogen-bond acceptors (Lipinski definition) is 4. The zero-order valence-electron chi connectivity index (χ0n) is 16.2. The molecule has 2 aromatic rings. The third kappa shape index (κ3) is 4.45. The fourth-order valence-corrected chi connectivity index (χ4v) is 4.09. The number of esters is 1. The number of carbonyl (C=O) groups is 1. The number of fused-ring (bicyclic) bond motifs is 1. The first-order valence-corrected chi connectivity index (χ1v) is 10.2. The molecule has 0 amide bonds. The summed E-state index contributed by atoms with van der Waals surface area (Å²) in [6.45, 7) is 2.66. The van der Waals surface area contributed by atoms with E-state index < -0.39 is 0 Å². The molecule has 4 nitrogen and oxygen atoms in total. The summed E-state index contributed by atoms with van der Waals surface area (Å²) >= 11 is 5.97. The minimum atomic E-state index is -0.223. The molecule has 0 unspecified atom stereocenters. The first kappa shape index (κ1) is 19.2. The van der Waals surface area contributed by atoms with Gasteiger partial charge in [0.05, 0.1) is 17.9 Å². The van der Waals surface area contributed by atoms with Crippen molar-refractivity contribution in [3.63, 3.8) is 0 Å². The minimum absolute atomic E-state index is 0.223. The van der Waals surface area contributed by atoms with E-state index in [0.29, 0.717) is 18.1 Å². The van der Waals surface area contributed by atoms with E-state index in [9.17, 15) is 4.79 Å². The van der Waals surface area contributed by atoms with E-state index in [-0.39, 0.29) is 5.97 Å². The smallest absolute Gasteiger partial charge is 0.338 e. The zero-order chi connectivity index (χ0) is 19.5. The second-order valence-corrected chi connectivity index (χ2v) is 8.29.